The maximum absolute atomic E-state index is 3.59. The van der Waals surface area contributed by atoms with Crippen LogP contribution in [0.2, 0.25) is 0 Å². The third kappa shape index (κ3) is 3.65. The number of hydrogen-bond acceptors (Lipinski definition) is 2. The maximum atomic E-state index is 3.59. The molecule has 0 bridgehead atoms. The van der Waals surface area contributed by atoms with Crippen LogP contribution < -0.4 is 5.32 Å². The second kappa shape index (κ2) is 4.43. The molecule has 1 atom stereocenters. The Morgan fingerprint density at radius 3 is 2.62 bits per heavy atom. The van der Waals surface area contributed by atoms with Gasteiger partial charge in [0.05, 0.1) is 0 Å². The van der Waals surface area contributed by atoms with E-state index in [1.807, 2.05) is 0 Å². The molecule has 2 heteroatoms. The van der Waals surface area contributed by atoms with Crippen molar-refractivity contribution in [2.45, 2.75) is 52.1 Å². The normalized spacial score (nSPS) is 25.4. The van der Waals surface area contributed by atoms with Crippen LogP contribution in [0.15, 0.2) is 0 Å². The van der Waals surface area contributed by atoms with Gasteiger partial charge < -0.3 is 5.32 Å². The first kappa shape index (κ1) is 11.0. The van der Waals surface area contributed by atoms with Gasteiger partial charge in [0.15, 0.2) is 0 Å². The lowest BCUT2D eigenvalue weighted by Gasteiger charge is -2.28. The molecule has 1 heterocycles. The predicted molar refractivity (Wildman–Crippen MR) is 58.0 cm³/mol. The zero-order valence-electron chi connectivity index (χ0n) is 9.56. The lowest BCUT2D eigenvalue weighted by Crippen LogP contribution is -2.45. The quantitative estimate of drug-likeness (QED) is 0.720. The van der Waals surface area contributed by atoms with Gasteiger partial charge in [0, 0.05) is 18.1 Å². The highest BCUT2D eigenvalue weighted by molar-refractivity contribution is 4.82. The molecule has 13 heavy (non-hydrogen) atoms. The smallest absolute Gasteiger partial charge is 0.0221 e. The first-order chi connectivity index (χ1) is 6.03. The van der Waals surface area contributed by atoms with Crippen molar-refractivity contribution in [3.05, 3.63) is 0 Å². The molecule has 1 unspecified atom stereocenters. The van der Waals surface area contributed by atoms with Gasteiger partial charge in [0.1, 0.15) is 0 Å². The summed E-state index contributed by atoms with van der Waals surface area (Å²) in [4.78, 5) is 2.58. The van der Waals surface area contributed by atoms with Gasteiger partial charge in [-0.05, 0) is 46.7 Å². The maximum Gasteiger partial charge on any atom is 0.0221 e. The topological polar surface area (TPSA) is 15.3 Å². The van der Waals surface area contributed by atoms with Crippen LogP contribution in [0.1, 0.15) is 40.5 Å². The van der Waals surface area contributed by atoms with Crippen molar-refractivity contribution < 1.29 is 0 Å². The summed E-state index contributed by atoms with van der Waals surface area (Å²) in [6.45, 7) is 12.6. The van der Waals surface area contributed by atoms with Gasteiger partial charge in [-0.15, -0.1) is 0 Å². The summed E-state index contributed by atoms with van der Waals surface area (Å²) < 4.78 is 0. The van der Waals surface area contributed by atoms with Crippen LogP contribution in [-0.4, -0.2) is 36.1 Å². The lowest BCUT2D eigenvalue weighted by atomic mass is 10.1. The Kier molecular flexibility index (Phi) is 3.74. The Morgan fingerprint density at radius 2 is 2.08 bits per heavy atom. The SMILES string of the molecule is CCN1CCCC1CNC(C)(C)C. The highest BCUT2D eigenvalue weighted by Crippen LogP contribution is 2.16. The number of rotatable bonds is 3. The average Bonchev–Trinajstić information content (AvgIpc) is 2.46. The number of likely N-dealkylation sites (N-methyl/N-ethyl adjacent to an activating group) is 1. The first-order valence-corrected chi connectivity index (χ1v) is 5.52. The van der Waals surface area contributed by atoms with Crippen LogP contribution in [0.5, 0.6) is 0 Å². The summed E-state index contributed by atoms with van der Waals surface area (Å²) in [7, 11) is 0. The third-order valence-corrected chi connectivity index (χ3v) is 2.77. The third-order valence-electron chi connectivity index (χ3n) is 2.77. The van der Waals surface area contributed by atoms with E-state index in [1.165, 1.54) is 25.9 Å². The Morgan fingerprint density at radius 1 is 1.38 bits per heavy atom. The van der Waals surface area contributed by atoms with E-state index in [0.717, 1.165) is 12.6 Å². The molecule has 0 aromatic heterocycles. The fourth-order valence-electron chi connectivity index (χ4n) is 1.97. The van der Waals surface area contributed by atoms with Crippen molar-refractivity contribution >= 4 is 0 Å². The van der Waals surface area contributed by atoms with Crippen LogP contribution in [0.3, 0.4) is 0 Å². The van der Waals surface area contributed by atoms with E-state index >= 15 is 0 Å². The summed E-state index contributed by atoms with van der Waals surface area (Å²) in [5.41, 5.74) is 0.266. The molecule has 1 saturated heterocycles. The molecule has 0 amide bonds. The average molecular weight is 184 g/mol. The molecule has 1 fully saturated rings. The second-order valence-corrected chi connectivity index (χ2v) is 5.06. The molecule has 0 radical (unpaired) electrons. The minimum atomic E-state index is 0.266. The molecule has 0 aromatic rings. The monoisotopic (exact) mass is 184 g/mol. The molecular weight excluding hydrogens is 160 g/mol. The van der Waals surface area contributed by atoms with Gasteiger partial charge in [-0.25, -0.2) is 0 Å². The summed E-state index contributed by atoms with van der Waals surface area (Å²) in [6.07, 6.45) is 2.75. The van der Waals surface area contributed by atoms with Crippen LogP contribution in [0, 0.1) is 0 Å². The van der Waals surface area contributed by atoms with E-state index in [9.17, 15) is 0 Å². The molecule has 0 spiro atoms. The van der Waals surface area contributed by atoms with Crippen molar-refractivity contribution in [3.63, 3.8) is 0 Å². The van der Waals surface area contributed by atoms with Crippen molar-refractivity contribution in [1.29, 1.82) is 0 Å². The van der Waals surface area contributed by atoms with E-state index < -0.39 is 0 Å². The van der Waals surface area contributed by atoms with Gasteiger partial charge in [-0.2, -0.15) is 0 Å². The molecule has 1 rings (SSSR count). The number of hydrogen-bond donors (Lipinski definition) is 1. The Bertz CT molecular complexity index is 149. The fraction of sp³-hybridized carbons (Fsp3) is 1.00. The van der Waals surface area contributed by atoms with Crippen molar-refractivity contribution in [3.8, 4) is 0 Å². The van der Waals surface area contributed by atoms with Crippen molar-refractivity contribution in [2.75, 3.05) is 19.6 Å². The highest BCUT2D eigenvalue weighted by atomic mass is 15.2. The molecular formula is C11H24N2. The summed E-state index contributed by atoms with van der Waals surface area (Å²) in [5.74, 6) is 0. The van der Waals surface area contributed by atoms with Gasteiger partial charge in [0.25, 0.3) is 0 Å². The molecule has 2 nitrogen and oxygen atoms in total. The van der Waals surface area contributed by atoms with Crippen LogP contribution >= 0.6 is 0 Å². The van der Waals surface area contributed by atoms with Crippen LogP contribution in [0.4, 0.5) is 0 Å². The van der Waals surface area contributed by atoms with Gasteiger partial charge in [-0.1, -0.05) is 6.92 Å². The Balaban J connectivity index is 2.28. The molecule has 78 valence electrons. The Labute approximate surface area is 82.7 Å². The minimum Gasteiger partial charge on any atom is -0.311 e. The van der Waals surface area contributed by atoms with Crippen molar-refractivity contribution in [2.24, 2.45) is 0 Å². The second-order valence-electron chi connectivity index (χ2n) is 5.06. The zero-order valence-corrected chi connectivity index (χ0v) is 9.56. The van der Waals surface area contributed by atoms with E-state index in [2.05, 4.69) is 37.9 Å². The van der Waals surface area contributed by atoms with Gasteiger partial charge in [0.2, 0.25) is 0 Å². The number of likely N-dealkylation sites (tertiary alicyclic amines) is 1. The molecule has 1 N–H and O–H groups in total. The lowest BCUT2D eigenvalue weighted by molar-refractivity contribution is 0.244. The number of nitrogens with zero attached hydrogens (tertiary/aromatic N) is 1. The summed E-state index contributed by atoms with van der Waals surface area (Å²) in [6, 6.07) is 0.782. The first-order valence-electron chi connectivity index (χ1n) is 5.52. The van der Waals surface area contributed by atoms with Crippen LogP contribution in [0.25, 0.3) is 0 Å². The molecule has 0 saturated carbocycles. The number of nitrogens with one attached hydrogen (secondary N) is 1. The fourth-order valence-corrected chi connectivity index (χ4v) is 1.97. The van der Waals surface area contributed by atoms with Gasteiger partial charge in [-0.3, -0.25) is 4.90 Å². The Hall–Kier alpha value is -0.0800. The van der Waals surface area contributed by atoms with E-state index in [1.54, 1.807) is 0 Å². The van der Waals surface area contributed by atoms with Gasteiger partial charge >= 0.3 is 0 Å². The van der Waals surface area contributed by atoms with E-state index in [-0.39, 0.29) is 5.54 Å². The predicted octanol–water partition coefficient (Wildman–Crippen LogP) is 1.86. The summed E-state index contributed by atoms with van der Waals surface area (Å²) >= 11 is 0. The van der Waals surface area contributed by atoms with Crippen molar-refractivity contribution in [1.82, 2.24) is 10.2 Å². The van der Waals surface area contributed by atoms with E-state index in [4.69, 9.17) is 0 Å². The van der Waals surface area contributed by atoms with Crippen LogP contribution in [-0.2, 0) is 0 Å². The minimum absolute atomic E-state index is 0.266. The molecule has 1 aliphatic rings. The summed E-state index contributed by atoms with van der Waals surface area (Å²) in [5, 5.41) is 3.59. The largest absolute Gasteiger partial charge is 0.311 e. The highest BCUT2D eigenvalue weighted by Gasteiger charge is 2.23. The molecule has 0 aromatic carbocycles. The molecule has 0 aliphatic carbocycles. The van der Waals surface area contributed by atoms with E-state index in [0.29, 0.717) is 0 Å². The molecule has 1 aliphatic heterocycles. The standard InChI is InChI=1S/C11H24N2/c1-5-13-8-6-7-10(13)9-12-11(2,3)4/h10,12H,5-9H2,1-4H3. The zero-order chi connectivity index (χ0) is 9.90.